The highest BCUT2D eigenvalue weighted by molar-refractivity contribution is 5.75. The van der Waals surface area contributed by atoms with Crippen molar-refractivity contribution in [2.75, 3.05) is 39.3 Å². The Hall–Kier alpha value is -0.610. The number of esters is 1. The number of nitrogens with zero attached hydrogens (tertiary/aromatic N) is 2. The predicted octanol–water partition coefficient (Wildman–Crippen LogP) is 1.60. The van der Waals surface area contributed by atoms with Crippen LogP contribution >= 0.6 is 0 Å². The van der Waals surface area contributed by atoms with E-state index in [0.29, 0.717) is 12.0 Å². The van der Waals surface area contributed by atoms with Gasteiger partial charge < -0.3 is 9.64 Å². The van der Waals surface area contributed by atoms with E-state index in [1.54, 1.807) is 0 Å². The predicted molar refractivity (Wildman–Crippen MR) is 73.6 cm³/mol. The van der Waals surface area contributed by atoms with Gasteiger partial charge in [0.15, 0.2) is 0 Å². The fourth-order valence-electron chi connectivity index (χ4n) is 2.39. The molecule has 106 valence electrons. The van der Waals surface area contributed by atoms with Gasteiger partial charge in [0.25, 0.3) is 0 Å². The van der Waals surface area contributed by atoms with Gasteiger partial charge in [0.05, 0.1) is 6.61 Å². The van der Waals surface area contributed by atoms with Gasteiger partial charge in [-0.05, 0) is 19.3 Å². The summed E-state index contributed by atoms with van der Waals surface area (Å²) in [7, 11) is 0. The van der Waals surface area contributed by atoms with E-state index in [4.69, 9.17) is 4.74 Å². The zero-order valence-corrected chi connectivity index (χ0v) is 12.5. The van der Waals surface area contributed by atoms with Crippen molar-refractivity contribution in [1.82, 2.24) is 9.80 Å². The lowest BCUT2D eigenvalue weighted by Gasteiger charge is -2.39. The molecule has 0 N–H and O–H groups in total. The van der Waals surface area contributed by atoms with Gasteiger partial charge in [0.2, 0.25) is 0 Å². The molecule has 1 fully saturated rings. The third-order valence-electron chi connectivity index (χ3n) is 3.28. The van der Waals surface area contributed by atoms with Gasteiger partial charge in [-0.2, -0.15) is 0 Å². The Balaban J connectivity index is 2.37. The van der Waals surface area contributed by atoms with E-state index in [0.717, 1.165) is 32.7 Å². The van der Waals surface area contributed by atoms with Crippen molar-refractivity contribution < 1.29 is 9.53 Å². The van der Waals surface area contributed by atoms with Gasteiger partial charge in [0, 0.05) is 32.7 Å². The summed E-state index contributed by atoms with van der Waals surface area (Å²) in [6.45, 7) is 16.2. The van der Waals surface area contributed by atoms with Crippen molar-refractivity contribution in [3.63, 3.8) is 0 Å². The van der Waals surface area contributed by atoms with Crippen molar-refractivity contribution in [3.05, 3.63) is 0 Å². The second-order valence-corrected chi connectivity index (χ2v) is 6.30. The summed E-state index contributed by atoms with van der Waals surface area (Å²) in [6, 6.07) is -0.110. The van der Waals surface area contributed by atoms with E-state index in [1.165, 1.54) is 0 Å². The van der Waals surface area contributed by atoms with E-state index in [9.17, 15) is 4.79 Å². The van der Waals surface area contributed by atoms with Crippen LogP contribution in [0.5, 0.6) is 0 Å². The van der Waals surface area contributed by atoms with Crippen molar-refractivity contribution in [3.8, 4) is 0 Å². The van der Waals surface area contributed by atoms with Crippen LogP contribution in [-0.4, -0.2) is 61.1 Å². The second-order valence-electron chi connectivity index (χ2n) is 6.30. The summed E-state index contributed by atoms with van der Waals surface area (Å²) in [5.74, 6) is -0.0956. The molecule has 0 radical (unpaired) electrons. The highest BCUT2D eigenvalue weighted by atomic mass is 16.5. The molecule has 0 saturated carbocycles. The van der Waals surface area contributed by atoms with Crippen LogP contribution in [0.2, 0.25) is 0 Å². The summed E-state index contributed by atoms with van der Waals surface area (Å²) < 4.78 is 5.07. The van der Waals surface area contributed by atoms with Gasteiger partial charge in [-0.3, -0.25) is 9.69 Å². The molecule has 1 aliphatic rings. The topological polar surface area (TPSA) is 32.8 Å². The van der Waals surface area contributed by atoms with Crippen LogP contribution < -0.4 is 0 Å². The summed E-state index contributed by atoms with van der Waals surface area (Å²) in [5.41, 5.74) is 0.342. The maximum atomic E-state index is 11.7. The van der Waals surface area contributed by atoms with Crippen LogP contribution in [0.4, 0.5) is 0 Å². The zero-order chi connectivity index (χ0) is 13.8. The van der Waals surface area contributed by atoms with Crippen LogP contribution in [0, 0.1) is 5.41 Å². The van der Waals surface area contributed by atoms with Gasteiger partial charge in [-0.1, -0.05) is 20.8 Å². The molecule has 0 bridgehead atoms. The Bertz CT molecular complexity index is 265. The molecule has 0 aromatic carbocycles. The van der Waals surface area contributed by atoms with Crippen LogP contribution in [0.3, 0.4) is 0 Å². The van der Waals surface area contributed by atoms with Gasteiger partial charge in [0.1, 0.15) is 6.04 Å². The van der Waals surface area contributed by atoms with Crippen LogP contribution in [0.25, 0.3) is 0 Å². The molecule has 4 nitrogen and oxygen atoms in total. The highest BCUT2D eigenvalue weighted by Crippen LogP contribution is 2.17. The third kappa shape index (κ3) is 4.94. The van der Waals surface area contributed by atoms with Gasteiger partial charge in [-0.15, -0.1) is 0 Å². The first-order chi connectivity index (χ1) is 8.33. The maximum absolute atomic E-state index is 11.7. The SMILES string of the molecule is CCOC(=O)C(C)N1CCN(CC(C)(C)C)CC1. The lowest BCUT2D eigenvalue weighted by atomic mass is 9.96. The maximum Gasteiger partial charge on any atom is 0.323 e. The number of hydrogen-bond acceptors (Lipinski definition) is 4. The van der Waals surface area contributed by atoms with E-state index < -0.39 is 0 Å². The van der Waals surface area contributed by atoms with Crippen molar-refractivity contribution in [1.29, 1.82) is 0 Å². The molecular formula is C14H28N2O2. The van der Waals surface area contributed by atoms with Gasteiger partial charge in [-0.25, -0.2) is 0 Å². The molecule has 18 heavy (non-hydrogen) atoms. The number of piperazine rings is 1. The highest BCUT2D eigenvalue weighted by Gasteiger charge is 2.27. The van der Waals surface area contributed by atoms with E-state index in [-0.39, 0.29) is 12.0 Å². The minimum absolute atomic E-state index is 0.0956. The van der Waals surface area contributed by atoms with E-state index >= 15 is 0 Å². The van der Waals surface area contributed by atoms with Gasteiger partial charge >= 0.3 is 5.97 Å². The number of ether oxygens (including phenoxy) is 1. The molecule has 0 amide bonds. The zero-order valence-electron chi connectivity index (χ0n) is 12.5. The number of carbonyl (C=O) groups excluding carboxylic acids is 1. The van der Waals surface area contributed by atoms with Crippen molar-refractivity contribution >= 4 is 5.97 Å². The Morgan fingerprint density at radius 2 is 1.78 bits per heavy atom. The summed E-state index contributed by atoms with van der Waals surface area (Å²) >= 11 is 0. The van der Waals surface area contributed by atoms with E-state index in [1.807, 2.05) is 13.8 Å². The first-order valence-corrected chi connectivity index (χ1v) is 6.96. The average molecular weight is 256 g/mol. The Labute approximate surface area is 111 Å². The number of hydrogen-bond donors (Lipinski definition) is 0. The molecule has 0 spiro atoms. The average Bonchev–Trinajstić information content (AvgIpc) is 2.27. The minimum Gasteiger partial charge on any atom is -0.465 e. The van der Waals surface area contributed by atoms with Crippen molar-refractivity contribution in [2.24, 2.45) is 5.41 Å². The molecule has 0 aliphatic carbocycles. The number of rotatable bonds is 4. The first kappa shape index (κ1) is 15.4. The fourth-order valence-corrected chi connectivity index (χ4v) is 2.39. The molecule has 4 heteroatoms. The lowest BCUT2D eigenvalue weighted by Crippen LogP contribution is -2.53. The molecule has 1 heterocycles. The molecule has 0 aromatic rings. The Morgan fingerprint density at radius 3 is 2.22 bits per heavy atom. The number of carbonyl (C=O) groups is 1. The summed E-state index contributed by atoms with van der Waals surface area (Å²) in [6.07, 6.45) is 0. The third-order valence-corrected chi connectivity index (χ3v) is 3.28. The molecule has 1 aliphatic heterocycles. The quantitative estimate of drug-likeness (QED) is 0.715. The van der Waals surface area contributed by atoms with Crippen LogP contribution in [0.1, 0.15) is 34.6 Å². The Kier molecular flexibility index (Phi) is 5.60. The fraction of sp³-hybridized carbons (Fsp3) is 0.929. The molecule has 1 unspecified atom stereocenters. The second kappa shape index (κ2) is 6.53. The Morgan fingerprint density at radius 1 is 1.22 bits per heavy atom. The summed E-state index contributed by atoms with van der Waals surface area (Å²) in [5, 5.41) is 0. The van der Waals surface area contributed by atoms with Crippen molar-refractivity contribution in [2.45, 2.75) is 40.7 Å². The molecular weight excluding hydrogens is 228 g/mol. The minimum atomic E-state index is -0.110. The standard InChI is InChI=1S/C14H28N2O2/c1-6-18-13(17)12(2)16-9-7-15(8-10-16)11-14(3,4)5/h12H,6-11H2,1-5H3. The smallest absolute Gasteiger partial charge is 0.323 e. The molecule has 1 rings (SSSR count). The lowest BCUT2D eigenvalue weighted by molar-refractivity contribution is -0.149. The molecule has 0 aromatic heterocycles. The van der Waals surface area contributed by atoms with E-state index in [2.05, 4.69) is 30.6 Å². The largest absolute Gasteiger partial charge is 0.465 e. The normalized spacial score (nSPS) is 20.7. The first-order valence-electron chi connectivity index (χ1n) is 6.96. The summed E-state index contributed by atoms with van der Waals surface area (Å²) in [4.78, 5) is 16.4. The molecule has 1 atom stereocenters. The van der Waals surface area contributed by atoms with Crippen LogP contribution in [0.15, 0.2) is 0 Å². The van der Waals surface area contributed by atoms with Crippen LogP contribution in [-0.2, 0) is 9.53 Å². The monoisotopic (exact) mass is 256 g/mol. The molecule has 1 saturated heterocycles.